The van der Waals surface area contributed by atoms with Gasteiger partial charge in [-0.15, -0.1) is 0 Å². The Labute approximate surface area is 100 Å². The SMILES string of the molecule is CC(C)CCC(C)NC(=O)CNC(C)(C)C. The van der Waals surface area contributed by atoms with Crippen LogP contribution in [0.1, 0.15) is 54.4 Å². The van der Waals surface area contributed by atoms with Crippen LogP contribution in [0.4, 0.5) is 0 Å². The van der Waals surface area contributed by atoms with E-state index in [1.165, 1.54) is 0 Å². The van der Waals surface area contributed by atoms with E-state index in [1.807, 2.05) is 0 Å². The highest BCUT2D eigenvalue weighted by atomic mass is 16.1. The van der Waals surface area contributed by atoms with E-state index in [-0.39, 0.29) is 17.5 Å². The molecule has 16 heavy (non-hydrogen) atoms. The smallest absolute Gasteiger partial charge is 0.234 e. The Morgan fingerprint density at radius 3 is 2.12 bits per heavy atom. The van der Waals surface area contributed by atoms with Crippen molar-refractivity contribution in [2.45, 2.75) is 66.0 Å². The molecule has 2 N–H and O–H groups in total. The Kier molecular flexibility index (Phi) is 6.65. The van der Waals surface area contributed by atoms with E-state index >= 15 is 0 Å². The van der Waals surface area contributed by atoms with E-state index in [4.69, 9.17) is 0 Å². The fraction of sp³-hybridized carbons (Fsp3) is 0.923. The fourth-order valence-corrected chi connectivity index (χ4v) is 1.33. The summed E-state index contributed by atoms with van der Waals surface area (Å²) in [5.74, 6) is 0.790. The molecule has 0 spiro atoms. The minimum Gasteiger partial charge on any atom is -0.353 e. The van der Waals surface area contributed by atoms with Crippen LogP contribution in [0.3, 0.4) is 0 Å². The third-order valence-corrected chi connectivity index (χ3v) is 2.36. The van der Waals surface area contributed by atoms with Crippen LogP contribution >= 0.6 is 0 Å². The predicted octanol–water partition coefficient (Wildman–Crippen LogP) is 2.32. The minimum absolute atomic E-state index is 0.00148. The number of carbonyl (C=O) groups is 1. The summed E-state index contributed by atoms with van der Waals surface area (Å²) in [6.45, 7) is 13.0. The molecule has 1 amide bonds. The van der Waals surface area contributed by atoms with Crippen LogP contribution in [0.15, 0.2) is 0 Å². The molecule has 0 aliphatic rings. The third-order valence-electron chi connectivity index (χ3n) is 2.36. The summed E-state index contributed by atoms with van der Waals surface area (Å²) < 4.78 is 0. The maximum absolute atomic E-state index is 11.6. The van der Waals surface area contributed by atoms with Crippen molar-refractivity contribution in [3.05, 3.63) is 0 Å². The van der Waals surface area contributed by atoms with Gasteiger partial charge in [0, 0.05) is 11.6 Å². The fourth-order valence-electron chi connectivity index (χ4n) is 1.33. The molecule has 1 atom stereocenters. The number of amides is 1. The van der Waals surface area contributed by atoms with Crippen LogP contribution in [0.25, 0.3) is 0 Å². The summed E-state index contributed by atoms with van der Waals surface area (Å²) in [6.07, 6.45) is 2.22. The minimum atomic E-state index is -0.00148. The molecule has 0 aromatic carbocycles. The van der Waals surface area contributed by atoms with Gasteiger partial charge in [0.1, 0.15) is 0 Å². The Bertz CT molecular complexity index is 206. The van der Waals surface area contributed by atoms with E-state index in [9.17, 15) is 4.79 Å². The molecule has 3 heteroatoms. The van der Waals surface area contributed by atoms with Crippen LogP contribution in [0, 0.1) is 5.92 Å². The van der Waals surface area contributed by atoms with Crippen LogP contribution < -0.4 is 10.6 Å². The highest BCUT2D eigenvalue weighted by molar-refractivity contribution is 5.78. The van der Waals surface area contributed by atoms with Gasteiger partial charge in [0.15, 0.2) is 0 Å². The van der Waals surface area contributed by atoms with Gasteiger partial charge in [0.05, 0.1) is 6.54 Å². The quantitative estimate of drug-likeness (QED) is 0.732. The normalized spacial score (nSPS) is 13.9. The molecule has 0 radical (unpaired) electrons. The van der Waals surface area contributed by atoms with Crippen molar-refractivity contribution in [2.24, 2.45) is 5.92 Å². The summed E-state index contributed by atoms with van der Waals surface area (Å²) >= 11 is 0. The zero-order chi connectivity index (χ0) is 12.8. The van der Waals surface area contributed by atoms with Crippen LogP contribution in [0.2, 0.25) is 0 Å². The molecule has 0 saturated carbocycles. The van der Waals surface area contributed by atoms with E-state index in [0.717, 1.165) is 12.8 Å². The molecule has 0 heterocycles. The topological polar surface area (TPSA) is 41.1 Å². The monoisotopic (exact) mass is 228 g/mol. The number of hydrogen-bond donors (Lipinski definition) is 2. The van der Waals surface area contributed by atoms with Gasteiger partial charge in [-0.05, 0) is 46.5 Å². The van der Waals surface area contributed by atoms with E-state index in [0.29, 0.717) is 12.5 Å². The van der Waals surface area contributed by atoms with Crippen molar-refractivity contribution in [1.82, 2.24) is 10.6 Å². The molecular formula is C13H28N2O. The Morgan fingerprint density at radius 2 is 1.69 bits per heavy atom. The largest absolute Gasteiger partial charge is 0.353 e. The van der Waals surface area contributed by atoms with E-state index < -0.39 is 0 Å². The zero-order valence-corrected chi connectivity index (χ0v) is 11.7. The van der Waals surface area contributed by atoms with Crippen LogP contribution in [-0.4, -0.2) is 24.0 Å². The van der Waals surface area contributed by atoms with Crippen LogP contribution in [0.5, 0.6) is 0 Å². The Balaban J connectivity index is 3.70. The Hall–Kier alpha value is -0.570. The molecule has 0 rings (SSSR count). The zero-order valence-electron chi connectivity index (χ0n) is 11.7. The Morgan fingerprint density at radius 1 is 1.12 bits per heavy atom. The number of carbonyl (C=O) groups excluding carboxylic acids is 1. The summed E-state index contributed by atoms with van der Waals surface area (Å²) in [6, 6.07) is 0.275. The molecule has 0 aromatic heterocycles. The second-order valence-corrected chi connectivity index (χ2v) is 6.04. The standard InChI is InChI=1S/C13H28N2O/c1-10(2)7-8-11(3)15-12(16)9-14-13(4,5)6/h10-11,14H,7-9H2,1-6H3,(H,15,16). The first kappa shape index (κ1) is 15.4. The summed E-state index contributed by atoms with van der Waals surface area (Å²) in [5, 5.41) is 6.19. The molecule has 0 aliphatic carbocycles. The highest BCUT2D eigenvalue weighted by Gasteiger charge is 2.12. The lowest BCUT2D eigenvalue weighted by Gasteiger charge is -2.21. The van der Waals surface area contributed by atoms with Crippen molar-refractivity contribution >= 4 is 5.91 Å². The lowest BCUT2D eigenvalue weighted by atomic mass is 10.0. The van der Waals surface area contributed by atoms with Crippen molar-refractivity contribution in [3.63, 3.8) is 0 Å². The molecule has 3 nitrogen and oxygen atoms in total. The average molecular weight is 228 g/mol. The van der Waals surface area contributed by atoms with Crippen molar-refractivity contribution in [3.8, 4) is 0 Å². The molecular weight excluding hydrogens is 200 g/mol. The van der Waals surface area contributed by atoms with Gasteiger partial charge in [-0.1, -0.05) is 13.8 Å². The van der Waals surface area contributed by atoms with Gasteiger partial charge < -0.3 is 10.6 Å². The van der Waals surface area contributed by atoms with Crippen molar-refractivity contribution in [1.29, 1.82) is 0 Å². The average Bonchev–Trinajstić information content (AvgIpc) is 2.10. The molecule has 1 unspecified atom stereocenters. The molecule has 0 aromatic rings. The second-order valence-electron chi connectivity index (χ2n) is 6.04. The summed E-state index contributed by atoms with van der Waals surface area (Å²) in [4.78, 5) is 11.6. The lowest BCUT2D eigenvalue weighted by molar-refractivity contribution is -0.121. The van der Waals surface area contributed by atoms with Gasteiger partial charge in [-0.3, -0.25) is 4.79 Å². The van der Waals surface area contributed by atoms with Gasteiger partial charge in [-0.25, -0.2) is 0 Å². The van der Waals surface area contributed by atoms with Gasteiger partial charge >= 0.3 is 0 Å². The number of nitrogens with one attached hydrogen (secondary N) is 2. The first-order valence-electron chi connectivity index (χ1n) is 6.25. The van der Waals surface area contributed by atoms with Crippen LogP contribution in [-0.2, 0) is 4.79 Å². The molecule has 0 aliphatic heterocycles. The first-order chi connectivity index (χ1) is 7.20. The summed E-state index contributed by atoms with van der Waals surface area (Å²) in [7, 11) is 0. The third kappa shape index (κ3) is 9.97. The highest BCUT2D eigenvalue weighted by Crippen LogP contribution is 2.06. The van der Waals surface area contributed by atoms with Gasteiger partial charge in [0.25, 0.3) is 0 Å². The van der Waals surface area contributed by atoms with Crippen molar-refractivity contribution in [2.75, 3.05) is 6.54 Å². The number of rotatable bonds is 6. The molecule has 0 bridgehead atoms. The maximum atomic E-state index is 11.6. The predicted molar refractivity (Wildman–Crippen MR) is 69.4 cm³/mol. The van der Waals surface area contributed by atoms with E-state index in [2.05, 4.69) is 52.2 Å². The van der Waals surface area contributed by atoms with Gasteiger partial charge in [-0.2, -0.15) is 0 Å². The van der Waals surface area contributed by atoms with E-state index in [1.54, 1.807) is 0 Å². The lowest BCUT2D eigenvalue weighted by Crippen LogP contribution is -2.45. The first-order valence-corrected chi connectivity index (χ1v) is 6.25. The molecule has 0 fully saturated rings. The summed E-state index contributed by atoms with van der Waals surface area (Å²) in [5.41, 5.74) is -0.00148. The molecule has 96 valence electrons. The van der Waals surface area contributed by atoms with Crippen molar-refractivity contribution < 1.29 is 4.79 Å². The second kappa shape index (κ2) is 6.89. The number of hydrogen-bond acceptors (Lipinski definition) is 2. The maximum Gasteiger partial charge on any atom is 0.234 e. The van der Waals surface area contributed by atoms with Gasteiger partial charge in [0.2, 0.25) is 5.91 Å². The molecule has 0 saturated heterocycles.